The molecule has 0 saturated heterocycles. The molecule has 118 valence electrons. The first kappa shape index (κ1) is 17.4. The molecule has 1 N–H and O–H groups in total. The van der Waals surface area contributed by atoms with Gasteiger partial charge in [0.25, 0.3) is 0 Å². The largest absolute Gasteiger partial charge is 0.465 e. The fraction of sp³-hybridized carbons (Fsp3) is 0.667. The third-order valence-corrected chi connectivity index (χ3v) is 3.49. The molecule has 0 aliphatic carbocycles. The zero-order valence-corrected chi connectivity index (χ0v) is 12.7. The number of ether oxygens (including phenoxy) is 1. The predicted octanol–water partition coefficient (Wildman–Crippen LogP) is 1.57. The lowest BCUT2D eigenvalue weighted by atomic mass is 9.85. The lowest BCUT2D eigenvalue weighted by molar-refractivity contribution is -0.151. The second-order valence-corrected chi connectivity index (χ2v) is 5.41. The molecule has 6 heteroatoms. The molecule has 21 heavy (non-hydrogen) atoms. The minimum Gasteiger partial charge on any atom is -0.465 e. The van der Waals surface area contributed by atoms with Gasteiger partial charge in [-0.3, -0.25) is 9.59 Å². The summed E-state index contributed by atoms with van der Waals surface area (Å²) in [6.45, 7) is 3.76. The Morgan fingerprint density at radius 1 is 1.38 bits per heavy atom. The SMILES string of the molecule is CCC(=O)OCC(C)(CO)C(=O)CCCCn1ccnc1. The highest BCUT2D eigenvalue weighted by molar-refractivity contribution is 5.85. The summed E-state index contributed by atoms with van der Waals surface area (Å²) in [6, 6.07) is 0. The van der Waals surface area contributed by atoms with Crippen LogP contribution >= 0.6 is 0 Å². The molecule has 1 aromatic rings. The van der Waals surface area contributed by atoms with Crippen molar-refractivity contribution in [3.8, 4) is 0 Å². The molecule has 0 radical (unpaired) electrons. The third-order valence-electron chi connectivity index (χ3n) is 3.49. The number of hydrogen-bond donors (Lipinski definition) is 1. The van der Waals surface area contributed by atoms with Crippen LogP contribution in [0.15, 0.2) is 18.7 Å². The maximum Gasteiger partial charge on any atom is 0.305 e. The molecular weight excluding hydrogens is 272 g/mol. The Morgan fingerprint density at radius 3 is 2.71 bits per heavy atom. The Kier molecular flexibility index (Phi) is 7.08. The van der Waals surface area contributed by atoms with Crippen LogP contribution in [0.2, 0.25) is 0 Å². The van der Waals surface area contributed by atoms with E-state index in [9.17, 15) is 14.7 Å². The summed E-state index contributed by atoms with van der Waals surface area (Å²) in [4.78, 5) is 27.3. The standard InChI is InChI=1S/C15H24N2O4/c1-3-14(20)21-11-15(2,10-18)13(19)6-4-5-8-17-9-7-16-12-17/h7,9,12,18H,3-6,8,10-11H2,1-2H3. The maximum atomic E-state index is 12.2. The molecule has 1 heterocycles. The first-order valence-electron chi connectivity index (χ1n) is 7.27. The molecule has 0 saturated carbocycles. The van der Waals surface area contributed by atoms with Crippen LogP contribution < -0.4 is 0 Å². The van der Waals surface area contributed by atoms with Crippen molar-refractivity contribution >= 4 is 11.8 Å². The first-order valence-corrected chi connectivity index (χ1v) is 7.27. The number of hydrogen-bond acceptors (Lipinski definition) is 5. The normalized spacial score (nSPS) is 13.7. The third kappa shape index (κ3) is 5.67. The van der Waals surface area contributed by atoms with Crippen molar-refractivity contribution in [3.05, 3.63) is 18.7 Å². The second-order valence-electron chi connectivity index (χ2n) is 5.41. The summed E-state index contributed by atoms with van der Waals surface area (Å²) in [6.07, 6.45) is 7.56. The maximum absolute atomic E-state index is 12.2. The molecule has 1 atom stereocenters. The second kappa shape index (κ2) is 8.56. The van der Waals surface area contributed by atoms with Crippen molar-refractivity contribution in [2.24, 2.45) is 5.41 Å². The van der Waals surface area contributed by atoms with Gasteiger partial charge >= 0.3 is 5.97 Å². The minimum absolute atomic E-state index is 0.0590. The van der Waals surface area contributed by atoms with Crippen LogP contribution in [0.5, 0.6) is 0 Å². The van der Waals surface area contributed by atoms with Gasteiger partial charge in [0.05, 0.1) is 18.3 Å². The minimum atomic E-state index is -1.00. The number of rotatable bonds is 10. The van der Waals surface area contributed by atoms with Crippen molar-refractivity contribution in [2.75, 3.05) is 13.2 Å². The first-order chi connectivity index (χ1) is 10.0. The van der Waals surface area contributed by atoms with E-state index in [1.807, 2.05) is 10.8 Å². The van der Waals surface area contributed by atoms with Crippen molar-refractivity contribution in [3.63, 3.8) is 0 Å². The topological polar surface area (TPSA) is 81.4 Å². The molecule has 0 bridgehead atoms. The van der Waals surface area contributed by atoms with Gasteiger partial charge in [0, 0.05) is 31.8 Å². The smallest absolute Gasteiger partial charge is 0.305 e. The molecule has 0 aromatic carbocycles. The van der Waals surface area contributed by atoms with Crippen LogP contribution in [0, 0.1) is 5.41 Å². The zero-order valence-electron chi connectivity index (χ0n) is 12.7. The Bertz CT molecular complexity index is 445. The van der Waals surface area contributed by atoms with Crippen LogP contribution in [0.1, 0.15) is 39.5 Å². The highest BCUT2D eigenvalue weighted by atomic mass is 16.5. The van der Waals surface area contributed by atoms with E-state index in [0.29, 0.717) is 6.42 Å². The number of imidazole rings is 1. The van der Waals surface area contributed by atoms with E-state index in [4.69, 9.17) is 4.74 Å². The molecule has 0 aliphatic rings. The van der Waals surface area contributed by atoms with Crippen molar-refractivity contribution in [2.45, 2.75) is 46.1 Å². The molecule has 6 nitrogen and oxygen atoms in total. The summed E-state index contributed by atoms with van der Waals surface area (Å²) < 4.78 is 6.96. The van der Waals surface area contributed by atoms with Gasteiger partial charge in [-0.05, 0) is 19.8 Å². The quantitative estimate of drug-likeness (QED) is 0.523. The lowest BCUT2D eigenvalue weighted by Gasteiger charge is -2.25. The predicted molar refractivity (Wildman–Crippen MR) is 77.5 cm³/mol. The number of ketones is 1. The number of unbranched alkanes of at least 4 members (excludes halogenated alkanes) is 1. The molecule has 0 spiro atoms. The van der Waals surface area contributed by atoms with Gasteiger partial charge in [-0.15, -0.1) is 0 Å². The molecule has 1 rings (SSSR count). The number of Topliss-reactive ketones (excluding diaryl/α,β-unsaturated/α-hetero) is 1. The molecule has 0 amide bonds. The monoisotopic (exact) mass is 296 g/mol. The van der Waals surface area contributed by atoms with E-state index in [-0.39, 0.29) is 31.4 Å². The summed E-state index contributed by atoms with van der Waals surface area (Å²) in [7, 11) is 0. The van der Waals surface area contributed by atoms with Gasteiger partial charge in [-0.25, -0.2) is 4.98 Å². The van der Waals surface area contributed by atoms with E-state index in [1.165, 1.54) is 0 Å². The zero-order chi connectivity index (χ0) is 15.7. The Balaban J connectivity index is 2.34. The van der Waals surface area contributed by atoms with E-state index in [0.717, 1.165) is 19.4 Å². The van der Waals surface area contributed by atoms with E-state index < -0.39 is 5.41 Å². The van der Waals surface area contributed by atoms with Crippen LogP contribution in [0.25, 0.3) is 0 Å². The number of nitrogens with zero attached hydrogens (tertiary/aromatic N) is 2. The Labute approximate surface area is 125 Å². The molecule has 1 aromatic heterocycles. The summed E-state index contributed by atoms with van der Waals surface area (Å²) in [5.74, 6) is -0.429. The Hall–Kier alpha value is -1.69. The average molecular weight is 296 g/mol. The van der Waals surface area contributed by atoms with Crippen LogP contribution in [0.3, 0.4) is 0 Å². The summed E-state index contributed by atoms with van der Waals surface area (Å²) in [5.41, 5.74) is -1.00. The van der Waals surface area contributed by atoms with Crippen LogP contribution in [-0.2, 0) is 20.9 Å². The number of carbonyl (C=O) groups excluding carboxylic acids is 2. The van der Waals surface area contributed by atoms with Gasteiger partial charge in [0.2, 0.25) is 0 Å². The molecule has 0 aliphatic heterocycles. The molecule has 0 fully saturated rings. The highest BCUT2D eigenvalue weighted by Gasteiger charge is 2.33. The number of carbonyl (C=O) groups is 2. The number of aliphatic hydroxyl groups excluding tert-OH is 1. The Morgan fingerprint density at radius 2 is 2.14 bits per heavy atom. The summed E-state index contributed by atoms with van der Waals surface area (Å²) >= 11 is 0. The van der Waals surface area contributed by atoms with Gasteiger partial charge in [-0.2, -0.15) is 0 Å². The fourth-order valence-corrected chi connectivity index (χ4v) is 1.86. The number of aliphatic hydroxyl groups is 1. The van der Waals surface area contributed by atoms with Gasteiger partial charge in [0.15, 0.2) is 0 Å². The fourth-order valence-electron chi connectivity index (χ4n) is 1.86. The van der Waals surface area contributed by atoms with Crippen molar-refractivity contribution in [1.82, 2.24) is 9.55 Å². The summed E-state index contributed by atoms with van der Waals surface area (Å²) in [5, 5.41) is 9.42. The average Bonchev–Trinajstić information content (AvgIpc) is 3.01. The van der Waals surface area contributed by atoms with E-state index in [2.05, 4.69) is 4.98 Å². The van der Waals surface area contributed by atoms with Gasteiger partial charge in [-0.1, -0.05) is 6.92 Å². The van der Waals surface area contributed by atoms with Crippen molar-refractivity contribution in [1.29, 1.82) is 0 Å². The number of aryl methyl sites for hydroxylation is 1. The lowest BCUT2D eigenvalue weighted by Crippen LogP contribution is -2.37. The molecule has 1 unspecified atom stereocenters. The number of esters is 1. The number of aromatic nitrogens is 2. The van der Waals surface area contributed by atoms with Crippen LogP contribution in [0.4, 0.5) is 0 Å². The highest BCUT2D eigenvalue weighted by Crippen LogP contribution is 2.21. The van der Waals surface area contributed by atoms with Crippen molar-refractivity contribution < 1.29 is 19.4 Å². The molecular formula is C15H24N2O4. The van der Waals surface area contributed by atoms with Crippen LogP contribution in [-0.4, -0.2) is 39.6 Å². The van der Waals surface area contributed by atoms with E-state index in [1.54, 1.807) is 26.4 Å². The van der Waals surface area contributed by atoms with Gasteiger partial charge < -0.3 is 14.4 Å². The van der Waals surface area contributed by atoms with E-state index >= 15 is 0 Å². The van der Waals surface area contributed by atoms with Gasteiger partial charge in [0.1, 0.15) is 12.4 Å².